The van der Waals surface area contributed by atoms with Crippen LogP contribution in [0.5, 0.6) is 0 Å². The van der Waals surface area contributed by atoms with Gasteiger partial charge in [-0.05, 0) is 43.2 Å². The molecule has 2 aromatic carbocycles. The number of nitrogens with zero attached hydrogens (tertiary/aromatic N) is 1. The predicted octanol–water partition coefficient (Wildman–Crippen LogP) is 3.00. The molecular weight excluding hydrogens is 360 g/mol. The van der Waals surface area contributed by atoms with Crippen molar-refractivity contribution in [2.45, 2.75) is 20.5 Å². The highest BCUT2D eigenvalue weighted by molar-refractivity contribution is 6.02. The molecule has 0 saturated carbocycles. The first-order valence-electron chi connectivity index (χ1n) is 8.62. The van der Waals surface area contributed by atoms with Gasteiger partial charge in [0.25, 0.3) is 5.56 Å². The summed E-state index contributed by atoms with van der Waals surface area (Å²) in [6, 6.07) is 11.6. The van der Waals surface area contributed by atoms with Crippen molar-refractivity contribution in [1.82, 2.24) is 10.2 Å². The first kappa shape index (κ1) is 17.7. The molecule has 0 saturated heterocycles. The lowest BCUT2D eigenvalue weighted by atomic mass is 10.0. The van der Waals surface area contributed by atoms with Crippen molar-refractivity contribution in [3.8, 4) is 0 Å². The Balaban J connectivity index is 1.70. The molecule has 0 bridgehead atoms. The molecule has 4 aromatic rings. The predicted molar refractivity (Wildman–Crippen MR) is 103 cm³/mol. The molecule has 0 unspecified atom stereocenters. The minimum absolute atomic E-state index is 0.00879. The first-order chi connectivity index (χ1) is 13.4. The van der Waals surface area contributed by atoms with Crippen LogP contribution in [-0.2, 0) is 11.3 Å². The van der Waals surface area contributed by atoms with Crippen LogP contribution >= 0.6 is 0 Å². The molecule has 2 aromatic heterocycles. The zero-order valence-electron chi connectivity index (χ0n) is 15.2. The topological polar surface area (TPSA) is 102 Å². The standard InChI is InChI=1S/C21H16N2O5/c1-11-7-16-13(9-18(24)28-17(16)8-12(11)2)10-27-21(26)19-14-5-3-4-6-15(14)20(25)23-22-19/h3-9H,10H2,1-2H3,(H,23,25). The Labute approximate surface area is 158 Å². The lowest BCUT2D eigenvalue weighted by Crippen LogP contribution is -2.16. The number of hydrogen-bond donors (Lipinski definition) is 1. The van der Waals surface area contributed by atoms with Gasteiger partial charge in [0, 0.05) is 22.4 Å². The third-order valence-corrected chi connectivity index (χ3v) is 4.69. The average Bonchev–Trinajstić information content (AvgIpc) is 2.68. The third kappa shape index (κ3) is 3.07. The minimum atomic E-state index is -0.697. The van der Waals surface area contributed by atoms with Crippen LogP contribution in [0, 0.1) is 13.8 Å². The van der Waals surface area contributed by atoms with E-state index in [4.69, 9.17) is 9.15 Å². The fraction of sp³-hybridized carbons (Fsp3) is 0.143. The molecule has 0 aliphatic rings. The number of carbonyl (C=O) groups excluding carboxylic acids is 1. The van der Waals surface area contributed by atoms with E-state index in [0.717, 1.165) is 11.1 Å². The van der Waals surface area contributed by atoms with E-state index < -0.39 is 11.6 Å². The summed E-state index contributed by atoms with van der Waals surface area (Å²) in [5.41, 5.74) is 2.11. The molecule has 140 valence electrons. The molecule has 7 heteroatoms. The second-order valence-corrected chi connectivity index (χ2v) is 6.55. The second-order valence-electron chi connectivity index (χ2n) is 6.55. The van der Waals surface area contributed by atoms with Gasteiger partial charge in [0.05, 0.1) is 5.39 Å². The normalized spacial score (nSPS) is 11.1. The molecule has 7 nitrogen and oxygen atoms in total. The van der Waals surface area contributed by atoms with Crippen LogP contribution in [0.1, 0.15) is 27.2 Å². The maximum absolute atomic E-state index is 12.6. The average molecular weight is 376 g/mol. The van der Waals surface area contributed by atoms with Crippen molar-refractivity contribution < 1.29 is 13.9 Å². The van der Waals surface area contributed by atoms with Crippen molar-refractivity contribution in [3.63, 3.8) is 0 Å². The third-order valence-electron chi connectivity index (χ3n) is 4.69. The van der Waals surface area contributed by atoms with Crippen molar-refractivity contribution in [3.05, 3.63) is 85.6 Å². The molecule has 0 amide bonds. The molecule has 0 spiro atoms. The molecule has 2 heterocycles. The number of esters is 1. The number of ether oxygens (including phenoxy) is 1. The Morgan fingerprint density at radius 2 is 1.75 bits per heavy atom. The molecular formula is C21H16N2O5. The van der Waals surface area contributed by atoms with Gasteiger partial charge in [-0.15, -0.1) is 0 Å². The number of rotatable bonds is 3. The van der Waals surface area contributed by atoms with E-state index >= 15 is 0 Å². The molecule has 0 aliphatic heterocycles. The Hall–Kier alpha value is -3.74. The second kappa shape index (κ2) is 6.77. The zero-order valence-corrected chi connectivity index (χ0v) is 15.2. The number of nitrogens with one attached hydrogen (secondary N) is 1. The molecule has 4 rings (SSSR count). The number of aryl methyl sites for hydroxylation is 2. The van der Waals surface area contributed by atoms with Gasteiger partial charge in [-0.3, -0.25) is 4.79 Å². The monoisotopic (exact) mass is 376 g/mol. The van der Waals surface area contributed by atoms with E-state index in [1.807, 2.05) is 19.9 Å². The largest absolute Gasteiger partial charge is 0.456 e. The molecule has 1 N–H and O–H groups in total. The Kier molecular flexibility index (Phi) is 4.27. The van der Waals surface area contributed by atoms with Crippen molar-refractivity contribution >= 4 is 27.7 Å². The number of H-pyrrole nitrogens is 1. The van der Waals surface area contributed by atoms with Gasteiger partial charge < -0.3 is 9.15 Å². The minimum Gasteiger partial charge on any atom is -0.456 e. The van der Waals surface area contributed by atoms with Crippen LogP contribution in [0.3, 0.4) is 0 Å². The van der Waals surface area contributed by atoms with Gasteiger partial charge in [-0.2, -0.15) is 5.10 Å². The number of carbonyl (C=O) groups is 1. The van der Waals surface area contributed by atoms with Gasteiger partial charge in [-0.25, -0.2) is 14.7 Å². The van der Waals surface area contributed by atoms with Crippen molar-refractivity contribution in [1.29, 1.82) is 0 Å². The van der Waals surface area contributed by atoms with E-state index in [2.05, 4.69) is 10.2 Å². The Morgan fingerprint density at radius 1 is 1.04 bits per heavy atom. The number of fused-ring (bicyclic) bond motifs is 2. The van der Waals surface area contributed by atoms with Gasteiger partial charge in [0.1, 0.15) is 12.2 Å². The Bertz CT molecular complexity index is 1350. The zero-order chi connectivity index (χ0) is 19.8. The van der Waals surface area contributed by atoms with Crippen LogP contribution in [0.25, 0.3) is 21.7 Å². The first-order valence-corrected chi connectivity index (χ1v) is 8.62. The number of hydrogen-bond acceptors (Lipinski definition) is 6. The summed E-state index contributed by atoms with van der Waals surface area (Å²) < 4.78 is 10.6. The number of aromatic nitrogens is 2. The Morgan fingerprint density at radius 3 is 2.54 bits per heavy atom. The van der Waals surface area contributed by atoms with Crippen LogP contribution in [0.15, 0.2) is 56.5 Å². The van der Waals surface area contributed by atoms with Crippen LogP contribution in [0.2, 0.25) is 0 Å². The summed E-state index contributed by atoms with van der Waals surface area (Å²) >= 11 is 0. The molecule has 0 aliphatic carbocycles. The molecule has 0 radical (unpaired) electrons. The van der Waals surface area contributed by atoms with Gasteiger partial charge in [-0.1, -0.05) is 18.2 Å². The highest BCUT2D eigenvalue weighted by atomic mass is 16.5. The van der Waals surface area contributed by atoms with Gasteiger partial charge in [0.2, 0.25) is 0 Å². The number of aromatic amines is 1. The highest BCUT2D eigenvalue weighted by Crippen LogP contribution is 2.22. The summed E-state index contributed by atoms with van der Waals surface area (Å²) in [5, 5.41) is 7.59. The van der Waals surface area contributed by atoms with E-state index in [1.165, 1.54) is 6.07 Å². The van der Waals surface area contributed by atoms with Crippen molar-refractivity contribution in [2.75, 3.05) is 0 Å². The van der Waals surface area contributed by atoms with Gasteiger partial charge >= 0.3 is 11.6 Å². The summed E-state index contributed by atoms with van der Waals surface area (Å²) in [5.74, 6) is -0.697. The summed E-state index contributed by atoms with van der Waals surface area (Å²) in [6.07, 6.45) is 0. The lowest BCUT2D eigenvalue weighted by molar-refractivity contribution is 0.0468. The quantitative estimate of drug-likeness (QED) is 0.436. The maximum Gasteiger partial charge on any atom is 0.359 e. The molecule has 28 heavy (non-hydrogen) atoms. The van der Waals surface area contributed by atoms with E-state index in [-0.39, 0.29) is 17.9 Å². The SMILES string of the molecule is Cc1cc2oc(=O)cc(COC(=O)c3n[nH]c(=O)c4ccccc34)c2cc1C. The summed E-state index contributed by atoms with van der Waals surface area (Å²) in [6.45, 7) is 3.75. The highest BCUT2D eigenvalue weighted by Gasteiger charge is 2.17. The van der Waals surface area contributed by atoms with E-state index in [0.29, 0.717) is 27.3 Å². The van der Waals surface area contributed by atoms with Crippen molar-refractivity contribution in [2.24, 2.45) is 0 Å². The fourth-order valence-electron chi connectivity index (χ4n) is 3.08. The lowest BCUT2D eigenvalue weighted by Gasteiger charge is -2.09. The summed E-state index contributed by atoms with van der Waals surface area (Å²) in [7, 11) is 0. The molecule has 0 atom stereocenters. The molecule has 0 fully saturated rings. The van der Waals surface area contributed by atoms with Gasteiger partial charge in [0.15, 0.2) is 5.69 Å². The smallest absolute Gasteiger partial charge is 0.359 e. The fourth-order valence-corrected chi connectivity index (χ4v) is 3.08. The summed E-state index contributed by atoms with van der Waals surface area (Å²) in [4.78, 5) is 36.3. The van der Waals surface area contributed by atoms with Crippen LogP contribution in [0.4, 0.5) is 0 Å². The number of benzene rings is 2. The van der Waals surface area contributed by atoms with Crippen LogP contribution < -0.4 is 11.2 Å². The van der Waals surface area contributed by atoms with Crippen LogP contribution in [-0.4, -0.2) is 16.2 Å². The van der Waals surface area contributed by atoms with E-state index in [9.17, 15) is 14.4 Å². The maximum atomic E-state index is 12.6. The van der Waals surface area contributed by atoms with E-state index in [1.54, 1.807) is 30.3 Å².